The fourth-order valence-corrected chi connectivity index (χ4v) is 1.78. The minimum Gasteiger partial charge on any atom is -0.396 e. The second kappa shape index (κ2) is 6.42. The number of benzene rings is 1. The molecule has 0 radical (unpaired) electrons. The van der Waals surface area contributed by atoms with Crippen molar-refractivity contribution < 1.29 is 10.0 Å². The average molecular weight is 259 g/mol. The van der Waals surface area contributed by atoms with E-state index in [1.54, 1.807) is 6.07 Å². The Hall–Kier alpha value is -1.33. The van der Waals surface area contributed by atoms with Gasteiger partial charge in [-0.25, -0.2) is 0 Å². The molecule has 0 aliphatic rings. The van der Waals surface area contributed by atoms with Crippen LogP contribution < -0.4 is 4.90 Å². The number of nitro groups is 1. The molecule has 0 fully saturated rings. The van der Waals surface area contributed by atoms with Crippen molar-refractivity contribution in [2.75, 3.05) is 24.6 Å². The van der Waals surface area contributed by atoms with Gasteiger partial charge in [-0.15, -0.1) is 0 Å². The zero-order valence-electron chi connectivity index (χ0n) is 9.60. The van der Waals surface area contributed by atoms with E-state index in [4.69, 9.17) is 16.7 Å². The van der Waals surface area contributed by atoms with Crippen LogP contribution in [0.2, 0.25) is 5.02 Å². The van der Waals surface area contributed by atoms with Crippen LogP contribution in [0.25, 0.3) is 0 Å². The predicted octanol–water partition coefficient (Wildman–Crippen LogP) is 2.46. The molecule has 0 aliphatic carbocycles. The molecule has 1 rings (SSSR count). The lowest BCUT2D eigenvalue weighted by atomic mass is 10.2. The molecular formula is C11H15ClN2O3. The summed E-state index contributed by atoms with van der Waals surface area (Å²) < 4.78 is 0. The number of aliphatic hydroxyl groups excluding tert-OH is 1. The predicted molar refractivity (Wildman–Crippen MR) is 67.7 cm³/mol. The summed E-state index contributed by atoms with van der Waals surface area (Å²) in [5.41, 5.74) is 0.535. The number of hydrogen-bond donors (Lipinski definition) is 1. The Kier molecular flexibility index (Phi) is 5.18. The van der Waals surface area contributed by atoms with Crippen molar-refractivity contribution in [2.45, 2.75) is 13.3 Å². The third-order valence-electron chi connectivity index (χ3n) is 2.44. The summed E-state index contributed by atoms with van der Waals surface area (Å²) in [7, 11) is 0. The molecule has 1 N–H and O–H groups in total. The van der Waals surface area contributed by atoms with Crippen LogP contribution in [0, 0.1) is 10.1 Å². The maximum atomic E-state index is 10.9. The lowest BCUT2D eigenvalue weighted by Crippen LogP contribution is -2.25. The summed E-state index contributed by atoms with van der Waals surface area (Å²) >= 11 is 5.86. The van der Waals surface area contributed by atoms with Crippen LogP contribution in [0.4, 0.5) is 11.4 Å². The molecule has 0 aliphatic heterocycles. The van der Waals surface area contributed by atoms with Crippen LogP contribution in [0.1, 0.15) is 13.3 Å². The van der Waals surface area contributed by atoms with Gasteiger partial charge >= 0.3 is 0 Å². The molecule has 5 nitrogen and oxygen atoms in total. The molecule has 0 atom stereocenters. The number of aliphatic hydroxyl groups is 1. The monoisotopic (exact) mass is 258 g/mol. The van der Waals surface area contributed by atoms with E-state index in [-0.39, 0.29) is 12.3 Å². The summed E-state index contributed by atoms with van der Waals surface area (Å²) in [4.78, 5) is 12.3. The van der Waals surface area contributed by atoms with E-state index in [9.17, 15) is 10.1 Å². The molecule has 0 saturated carbocycles. The third-order valence-corrected chi connectivity index (χ3v) is 2.68. The van der Waals surface area contributed by atoms with Gasteiger partial charge in [0, 0.05) is 30.8 Å². The highest BCUT2D eigenvalue weighted by molar-refractivity contribution is 6.31. The van der Waals surface area contributed by atoms with E-state index in [1.165, 1.54) is 12.1 Å². The van der Waals surface area contributed by atoms with Crippen LogP contribution in [-0.4, -0.2) is 29.7 Å². The lowest BCUT2D eigenvalue weighted by molar-refractivity contribution is -0.384. The van der Waals surface area contributed by atoms with Gasteiger partial charge in [0.25, 0.3) is 5.69 Å². The van der Waals surface area contributed by atoms with Gasteiger partial charge in [-0.3, -0.25) is 10.1 Å². The van der Waals surface area contributed by atoms with E-state index in [0.717, 1.165) is 0 Å². The highest BCUT2D eigenvalue weighted by Crippen LogP contribution is 2.31. The number of anilines is 1. The summed E-state index contributed by atoms with van der Waals surface area (Å²) in [6, 6.07) is 4.49. The third kappa shape index (κ3) is 3.57. The molecule has 0 aromatic heterocycles. The maximum absolute atomic E-state index is 10.9. The fourth-order valence-electron chi connectivity index (χ4n) is 1.61. The highest BCUT2D eigenvalue weighted by atomic mass is 35.5. The van der Waals surface area contributed by atoms with E-state index >= 15 is 0 Å². The topological polar surface area (TPSA) is 66.6 Å². The van der Waals surface area contributed by atoms with Gasteiger partial charge in [-0.05, 0) is 25.5 Å². The van der Waals surface area contributed by atoms with Gasteiger partial charge in [-0.1, -0.05) is 11.6 Å². The van der Waals surface area contributed by atoms with E-state index < -0.39 is 4.92 Å². The summed E-state index contributed by atoms with van der Waals surface area (Å²) in [6.07, 6.45) is 0.567. The van der Waals surface area contributed by atoms with Crippen molar-refractivity contribution in [2.24, 2.45) is 0 Å². The summed E-state index contributed by atoms with van der Waals surface area (Å²) in [5, 5.41) is 20.2. The molecule has 1 aromatic rings. The number of hydrogen-bond acceptors (Lipinski definition) is 4. The standard InChI is InChI=1S/C11H15ClN2O3/c1-2-13(6-3-7-15)11-8-9(12)4-5-10(11)14(16)17/h4-5,8,15H,2-3,6-7H2,1H3. The summed E-state index contributed by atoms with van der Waals surface area (Å²) in [5.74, 6) is 0. The number of halogens is 1. The average Bonchev–Trinajstić information content (AvgIpc) is 2.29. The quantitative estimate of drug-likeness (QED) is 0.629. The molecular weight excluding hydrogens is 244 g/mol. The van der Waals surface area contributed by atoms with Gasteiger partial charge in [0.05, 0.1) is 4.92 Å². The molecule has 0 amide bonds. The zero-order valence-corrected chi connectivity index (χ0v) is 10.4. The fraction of sp³-hybridized carbons (Fsp3) is 0.455. The van der Waals surface area contributed by atoms with Crippen LogP contribution in [0.5, 0.6) is 0 Å². The maximum Gasteiger partial charge on any atom is 0.292 e. The van der Waals surface area contributed by atoms with Crippen molar-refractivity contribution >= 4 is 23.0 Å². The Morgan fingerprint density at radius 2 is 2.24 bits per heavy atom. The normalized spacial score (nSPS) is 10.3. The Bertz CT molecular complexity index is 398. The Morgan fingerprint density at radius 1 is 1.53 bits per heavy atom. The smallest absolute Gasteiger partial charge is 0.292 e. The van der Waals surface area contributed by atoms with Gasteiger partial charge in [-0.2, -0.15) is 0 Å². The Morgan fingerprint density at radius 3 is 2.76 bits per heavy atom. The van der Waals surface area contributed by atoms with Crippen LogP contribution in [-0.2, 0) is 0 Å². The van der Waals surface area contributed by atoms with Gasteiger partial charge in [0.2, 0.25) is 0 Å². The zero-order chi connectivity index (χ0) is 12.8. The second-order valence-electron chi connectivity index (χ2n) is 3.55. The van der Waals surface area contributed by atoms with Crippen molar-refractivity contribution in [1.82, 2.24) is 0 Å². The second-order valence-corrected chi connectivity index (χ2v) is 3.98. The molecule has 6 heteroatoms. The van der Waals surface area contributed by atoms with Crippen molar-refractivity contribution in [3.63, 3.8) is 0 Å². The van der Waals surface area contributed by atoms with E-state index in [2.05, 4.69) is 0 Å². The first kappa shape index (κ1) is 13.7. The Balaban J connectivity index is 3.06. The SMILES string of the molecule is CCN(CCCO)c1cc(Cl)ccc1[N+](=O)[O-]. The number of nitro benzene ring substituents is 1. The lowest BCUT2D eigenvalue weighted by Gasteiger charge is -2.22. The minimum absolute atomic E-state index is 0.0363. The molecule has 94 valence electrons. The first-order valence-corrected chi connectivity index (χ1v) is 5.77. The van der Waals surface area contributed by atoms with E-state index in [0.29, 0.717) is 30.2 Å². The number of nitrogens with zero attached hydrogens (tertiary/aromatic N) is 2. The summed E-state index contributed by atoms with van der Waals surface area (Å²) in [6.45, 7) is 3.15. The molecule has 0 saturated heterocycles. The van der Waals surface area contributed by atoms with Crippen LogP contribution in [0.15, 0.2) is 18.2 Å². The molecule has 1 aromatic carbocycles. The molecule has 17 heavy (non-hydrogen) atoms. The van der Waals surface area contributed by atoms with Crippen LogP contribution >= 0.6 is 11.6 Å². The van der Waals surface area contributed by atoms with Crippen molar-refractivity contribution in [3.8, 4) is 0 Å². The van der Waals surface area contributed by atoms with Gasteiger partial charge in [0.15, 0.2) is 0 Å². The molecule has 0 heterocycles. The van der Waals surface area contributed by atoms with Gasteiger partial charge < -0.3 is 10.0 Å². The molecule has 0 unspecified atom stereocenters. The Labute approximate surface area is 105 Å². The minimum atomic E-state index is -0.423. The van der Waals surface area contributed by atoms with Crippen molar-refractivity contribution in [3.05, 3.63) is 33.3 Å². The van der Waals surface area contributed by atoms with Crippen molar-refractivity contribution in [1.29, 1.82) is 0 Å². The van der Waals surface area contributed by atoms with Crippen LogP contribution in [0.3, 0.4) is 0 Å². The largest absolute Gasteiger partial charge is 0.396 e. The molecule has 0 bridgehead atoms. The molecule has 0 spiro atoms. The number of rotatable bonds is 6. The highest BCUT2D eigenvalue weighted by Gasteiger charge is 2.18. The van der Waals surface area contributed by atoms with E-state index in [1.807, 2.05) is 11.8 Å². The first-order valence-electron chi connectivity index (χ1n) is 5.40. The first-order chi connectivity index (χ1) is 8.10. The van der Waals surface area contributed by atoms with Gasteiger partial charge in [0.1, 0.15) is 5.69 Å².